The van der Waals surface area contributed by atoms with Gasteiger partial charge in [0, 0.05) is 26.6 Å². The van der Waals surface area contributed by atoms with Crippen molar-refractivity contribution in [2.24, 2.45) is 0 Å². The molecule has 1 aromatic heterocycles. The summed E-state index contributed by atoms with van der Waals surface area (Å²) in [5.74, 6) is -0.393. The summed E-state index contributed by atoms with van der Waals surface area (Å²) in [5, 5.41) is 3.83. The first-order chi connectivity index (χ1) is 13.8. The summed E-state index contributed by atoms with van der Waals surface area (Å²) in [4.78, 5) is 12.7. The molecule has 136 valence electrons. The molecule has 0 atom stereocenters. The molecule has 0 fully saturated rings. The number of thiophene rings is 1. The number of hydrogen-bond acceptors (Lipinski definition) is 3. The number of benzene rings is 3. The van der Waals surface area contributed by atoms with Crippen LogP contribution in [0.1, 0.15) is 10.4 Å². The van der Waals surface area contributed by atoms with Crippen LogP contribution in [0, 0.1) is 0 Å². The van der Waals surface area contributed by atoms with Crippen molar-refractivity contribution in [3.8, 4) is 11.1 Å². The van der Waals surface area contributed by atoms with Crippen LogP contribution < -0.4 is 0 Å². The van der Waals surface area contributed by atoms with E-state index in [2.05, 4.69) is 67.2 Å². The Kier molecular flexibility index (Phi) is 4.10. The largest absolute Gasteiger partial charge is 0.458 e. The third-order valence-corrected chi connectivity index (χ3v) is 6.58. The Bertz CT molecular complexity index is 1280. The van der Waals surface area contributed by atoms with Gasteiger partial charge in [0.2, 0.25) is 0 Å². The first-order valence-corrected chi connectivity index (χ1v) is 10.1. The predicted octanol–water partition coefficient (Wildman–Crippen LogP) is 6.39. The van der Waals surface area contributed by atoms with Crippen molar-refractivity contribution in [1.29, 1.82) is 0 Å². The van der Waals surface area contributed by atoms with Crippen LogP contribution in [0.25, 0.3) is 37.6 Å². The van der Waals surface area contributed by atoms with Crippen molar-refractivity contribution in [2.45, 2.75) is 6.42 Å². The second-order valence-corrected chi connectivity index (χ2v) is 7.89. The highest BCUT2D eigenvalue weighted by Crippen LogP contribution is 2.49. The van der Waals surface area contributed by atoms with Crippen LogP contribution >= 0.6 is 11.3 Å². The molecule has 1 aliphatic carbocycles. The van der Waals surface area contributed by atoms with Crippen LogP contribution in [-0.4, -0.2) is 12.6 Å². The molecule has 3 aromatic carbocycles. The number of esters is 1. The van der Waals surface area contributed by atoms with E-state index in [0.717, 1.165) is 6.42 Å². The molecule has 5 rings (SSSR count). The van der Waals surface area contributed by atoms with Crippen molar-refractivity contribution >= 4 is 43.7 Å². The first-order valence-electron chi connectivity index (χ1n) is 9.27. The van der Waals surface area contributed by atoms with E-state index < -0.39 is 5.97 Å². The van der Waals surface area contributed by atoms with Gasteiger partial charge in [-0.15, -0.1) is 11.3 Å². The van der Waals surface area contributed by atoms with Gasteiger partial charge in [-0.05, 0) is 40.0 Å². The van der Waals surface area contributed by atoms with Gasteiger partial charge in [-0.3, -0.25) is 0 Å². The fourth-order valence-corrected chi connectivity index (χ4v) is 5.36. The molecule has 0 N–H and O–H groups in total. The fourth-order valence-electron chi connectivity index (χ4n) is 3.97. The summed E-state index contributed by atoms with van der Waals surface area (Å²) in [7, 11) is 0. The lowest BCUT2D eigenvalue weighted by Crippen LogP contribution is -2.04. The highest BCUT2D eigenvalue weighted by Gasteiger charge is 2.25. The Balaban J connectivity index is 1.74. The van der Waals surface area contributed by atoms with E-state index in [1.54, 1.807) is 0 Å². The maximum Gasteiger partial charge on any atom is 0.330 e. The quantitative estimate of drug-likeness (QED) is 0.303. The van der Waals surface area contributed by atoms with Gasteiger partial charge in [0.25, 0.3) is 0 Å². The standard InChI is InChI=1S/C25H18O2S/c1-2-22(26)27-14-13-18-15-17-8-4-5-9-19(17)23-21-12-11-16-7-3-6-10-20(16)25(21)28-24(18)23/h2-13H,1,14-15H2. The van der Waals surface area contributed by atoms with E-state index in [1.807, 2.05) is 17.4 Å². The zero-order valence-electron chi connectivity index (χ0n) is 15.3. The number of carbonyl (C=O) groups excluding carboxylic acids is 1. The number of allylic oxidation sites excluding steroid dienone is 1. The van der Waals surface area contributed by atoms with E-state index in [9.17, 15) is 4.79 Å². The zero-order chi connectivity index (χ0) is 19.1. The first kappa shape index (κ1) is 17.0. The molecule has 28 heavy (non-hydrogen) atoms. The third kappa shape index (κ3) is 2.67. The van der Waals surface area contributed by atoms with Crippen molar-refractivity contribution in [1.82, 2.24) is 0 Å². The van der Waals surface area contributed by atoms with E-state index in [1.165, 1.54) is 54.1 Å². The summed E-state index contributed by atoms with van der Waals surface area (Å²) in [6.45, 7) is 3.72. The van der Waals surface area contributed by atoms with E-state index in [0.29, 0.717) is 0 Å². The van der Waals surface area contributed by atoms with Crippen LogP contribution in [0.4, 0.5) is 0 Å². The molecule has 0 amide bonds. The van der Waals surface area contributed by atoms with Crippen LogP contribution in [0.2, 0.25) is 0 Å². The summed E-state index contributed by atoms with van der Waals surface area (Å²) in [6, 6.07) is 21.6. The van der Waals surface area contributed by atoms with E-state index in [-0.39, 0.29) is 6.61 Å². The minimum atomic E-state index is -0.393. The molecule has 0 aliphatic heterocycles. The lowest BCUT2D eigenvalue weighted by atomic mass is 9.85. The van der Waals surface area contributed by atoms with Crippen molar-refractivity contribution < 1.29 is 9.53 Å². The van der Waals surface area contributed by atoms with Crippen LogP contribution in [0.3, 0.4) is 0 Å². The van der Waals surface area contributed by atoms with Crippen molar-refractivity contribution in [3.63, 3.8) is 0 Å². The fraction of sp³-hybridized carbons (Fsp3) is 0.0800. The van der Waals surface area contributed by atoms with Gasteiger partial charge < -0.3 is 4.74 Å². The van der Waals surface area contributed by atoms with Gasteiger partial charge in [-0.1, -0.05) is 67.2 Å². The molecule has 0 saturated heterocycles. The molecule has 0 radical (unpaired) electrons. The molecule has 0 unspecified atom stereocenters. The predicted molar refractivity (Wildman–Crippen MR) is 118 cm³/mol. The van der Waals surface area contributed by atoms with Gasteiger partial charge in [0.05, 0.1) is 0 Å². The third-order valence-electron chi connectivity index (χ3n) is 5.26. The Hall–Kier alpha value is -3.17. The molecule has 1 heterocycles. The smallest absolute Gasteiger partial charge is 0.330 e. The Morgan fingerprint density at radius 1 is 1.04 bits per heavy atom. The maximum atomic E-state index is 11.4. The Labute approximate surface area is 167 Å². The van der Waals surface area contributed by atoms with E-state index >= 15 is 0 Å². The molecule has 0 bridgehead atoms. The molecule has 3 heteroatoms. The Morgan fingerprint density at radius 2 is 1.86 bits per heavy atom. The number of fused-ring (bicyclic) bond motifs is 7. The molecular formula is C25H18O2S. The SMILES string of the molecule is C=CC(=O)OCC=C1Cc2ccccc2-c2c1sc1c2ccc2ccccc21. The highest BCUT2D eigenvalue weighted by atomic mass is 32.1. The van der Waals surface area contributed by atoms with Crippen molar-refractivity contribution in [3.05, 3.63) is 89.8 Å². The summed E-state index contributed by atoms with van der Waals surface area (Å²) >= 11 is 1.84. The maximum absolute atomic E-state index is 11.4. The summed E-state index contributed by atoms with van der Waals surface area (Å²) in [6.07, 6.45) is 4.08. The molecular weight excluding hydrogens is 364 g/mol. The van der Waals surface area contributed by atoms with Gasteiger partial charge in [0.1, 0.15) is 6.61 Å². The van der Waals surface area contributed by atoms with E-state index in [4.69, 9.17) is 4.74 Å². The highest BCUT2D eigenvalue weighted by molar-refractivity contribution is 7.21. The molecule has 1 aliphatic rings. The average Bonchev–Trinajstić information content (AvgIpc) is 3.14. The second-order valence-electron chi connectivity index (χ2n) is 6.87. The Morgan fingerprint density at radius 3 is 2.75 bits per heavy atom. The van der Waals surface area contributed by atoms with Crippen molar-refractivity contribution in [2.75, 3.05) is 6.61 Å². The topological polar surface area (TPSA) is 26.3 Å². The number of carbonyl (C=O) groups is 1. The normalized spacial score (nSPS) is 14.1. The molecule has 2 nitrogen and oxygen atoms in total. The second kappa shape index (κ2) is 6.77. The van der Waals surface area contributed by atoms with Gasteiger partial charge >= 0.3 is 5.97 Å². The monoisotopic (exact) mass is 382 g/mol. The summed E-state index contributed by atoms with van der Waals surface area (Å²) in [5.41, 5.74) is 5.13. The lowest BCUT2D eigenvalue weighted by Gasteiger charge is -2.19. The van der Waals surface area contributed by atoms with Crippen LogP contribution in [-0.2, 0) is 16.0 Å². The molecule has 4 aromatic rings. The minimum absolute atomic E-state index is 0.261. The average molecular weight is 382 g/mol. The van der Waals surface area contributed by atoms with Crippen LogP contribution in [0.5, 0.6) is 0 Å². The molecule has 0 spiro atoms. The number of ether oxygens (including phenoxy) is 1. The lowest BCUT2D eigenvalue weighted by molar-refractivity contribution is -0.136. The zero-order valence-corrected chi connectivity index (χ0v) is 16.1. The van der Waals surface area contributed by atoms with Crippen LogP contribution in [0.15, 0.2) is 79.4 Å². The van der Waals surface area contributed by atoms with Gasteiger partial charge in [-0.2, -0.15) is 0 Å². The summed E-state index contributed by atoms with van der Waals surface area (Å²) < 4.78 is 6.53. The minimum Gasteiger partial charge on any atom is -0.458 e. The number of rotatable bonds is 3. The number of hydrogen-bond donors (Lipinski definition) is 0. The van der Waals surface area contributed by atoms with Gasteiger partial charge in [0.15, 0.2) is 0 Å². The molecule has 0 saturated carbocycles. The van der Waals surface area contributed by atoms with Gasteiger partial charge in [-0.25, -0.2) is 4.79 Å².